The first kappa shape index (κ1) is 17.3. The van der Waals surface area contributed by atoms with E-state index in [0.29, 0.717) is 6.21 Å². The fourth-order valence-corrected chi connectivity index (χ4v) is 0.320. The Bertz CT molecular complexity index is 405. The monoisotopic (exact) mass is 256 g/mol. The average Bonchev–Trinajstić information content (AvgIpc) is 2.37. The number of nitrogens with one attached hydrogen (secondary N) is 1. The Morgan fingerprint density at radius 3 is 2.44 bits per heavy atom. The van der Waals surface area contributed by atoms with Crippen LogP contribution in [0.3, 0.4) is 0 Å². The van der Waals surface area contributed by atoms with Crippen LogP contribution in [-0.4, -0.2) is 35.6 Å². The SMILES string of the molecule is CCON=C(C#N)C(=O)O.N#COOC(=O)C=N. The number of carboxylic acid groups (broad SMARTS) is 1. The first-order valence-electron chi connectivity index (χ1n) is 4.13. The third-order valence-corrected chi connectivity index (χ3v) is 0.872. The molecule has 0 aliphatic carbocycles. The molecule has 18 heavy (non-hydrogen) atoms. The quantitative estimate of drug-likeness (QED) is 0.289. The van der Waals surface area contributed by atoms with E-state index in [9.17, 15) is 9.59 Å². The first-order valence-corrected chi connectivity index (χ1v) is 4.13. The molecule has 0 spiro atoms. The number of carbonyl (C=O) groups is 2. The number of hydrogen-bond donors (Lipinski definition) is 2. The van der Waals surface area contributed by atoms with Gasteiger partial charge in [0.05, 0.1) is 0 Å². The second-order valence-electron chi connectivity index (χ2n) is 2.00. The van der Waals surface area contributed by atoms with Gasteiger partial charge in [-0.1, -0.05) is 5.16 Å². The molecular formula is C8H8N4O6. The molecule has 0 saturated heterocycles. The average molecular weight is 256 g/mol. The number of nitrogens with zero attached hydrogens (tertiary/aromatic N) is 3. The molecule has 0 aliphatic rings. The summed E-state index contributed by atoms with van der Waals surface area (Å²) in [5, 5.41) is 33.0. The maximum atomic E-state index is 10.0. The van der Waals surface area contributed by atoms with Crippen molar-refractivity contribution in [1.82, 2.24) is 0 Å². The van der Waals surface area contributed by atoms with Gasteiger partial charge in [0, 0.05) is 0 Å². The predicted molar refractivity (Wildman–Crippen MR) is 53.9 cm³/mol. The third kappa shape index (κ3) is 10.9. The molecule has 0 fully saturated rings. The summed E-state index contributed by atoms with van der Waals surface area (Å²) in [4.78, 5) is 31.3. The summed E-state index contributed by atoms with van der Waals surface area (Å²) >= 11 is 0. The maximum Gasteiger partial charge on any atom is 0.397 e. The van der Waals surface area contributed by atoms with Gasteiger partial charge in [-0.05, 0) is 6.92 Å². The zero-order valence-corrected chi connectivity index (χ0v) is 9.11. The fourth-order valence-electron chi connectivity index (χ4n) is 0.320. The van der Waals surface area contributed by atoms with E-state index >= 15 is 0 Å². The summed E-state index contributed by atoms with van der Waals surface area (Å²) in [5.74, 6) is -2.39. The molecule has 0 atom stereocenters. The van der Waals surface area contributed by atoms with Crippen LogP contribution in [0.25, 0.3) is 0 Å². The maximum absolute atomic E-state index is 10.0. The molecule has 10 nitrogen and oxygen atoms in total. The van der Waals surface area contributed by atoms with Gasteiger partial charge in [-0.25, -0.2) is 19.4 Å². The molecule has 0 aromatic heterocycles. The molecular weight excluding hydrogens is 248 g/mol. The van der Waals surface area contributed by atoms with Crippen LogP contribution in [0.2, 0.25) is 0 Å². The van der Waals surface area contributed by atoms with Gasteiger partial charge < -0.3 is 15.4 Å². The molecule has 10 heteroatoms. The van der Waals surface area contributed by atoms with E-state index in [0.717, 1.165) is 6.26 Å². The molecule has 96 valence electrons. The van der Waals surface area contributed by atoms with Gasteiger partial charge in [-0.15, -0.1) is 5.26 Å². The lowest BCUT2D eigenvalue weighted by Gasteiger charge is -1.89. The van der Waals surface area contributed by atoms with Crippen molar-refractivity contribution in [2.75, 3.05) is 6.61 Å². The van der Waals surface area contributed by atoms with Gasteiger partial charge in [-0.3, -0.25) is 0 Å². The second-order valence-corrected chi connectivity index (χ2v) is 2.00. The molecule has 0 aromatic rings. The van der Waals surface area contributed by atoms with Gasteiger partial charge in [0.15, 0.2) is 0 Å². The third-order valence-electron chi connectivity index (χ3n) is 0.872. The Morgan fingerprint density at radius 1 is 1.50 bits per heavy atom. The normalized spacial score (nSPS) is 8.50. The zero-order valence-electron chi connectivity index (χ0n) is 9.11. The smallest absolute Gasteiger partial charge is 0.397 e. The molecule has 0 rings (SSSR count). The molecule has 0 aliphatic heterocycles. The summed E-state index contributed by atoms with van der Waals surface area (Å²) < 4.78 is 0. The van der Waals surface area contributed by atoms with Crippen molar-refractivity contribution in [3.8, 4) is 12.3 Å². The molecule has 0 heterocycles. The van der Waals surface area contributed by atoms with E-state index in [-0.39, 0.29) is 6.61 Å². The predicted octanol–water partition coefficient (Wildman–Crippen LogP) is -0.421. The molecule has 0 radical (unpaired) electrons. The van der Waals surface area contributed by atoms with E-state index in [4.69, 9.17) is 21.0 Å². The Morgan fingerprint density at radius 2 is 2.11 bits per heavy atom. The Hall–Kier alpha value is -3.14. The first-order chi connectivity index (χ1) is 8.53. The molecule has 0 saturated carbocycles. The fraction of sp³-hybridized carbons (Fsp3) is 0.250. The van der Waals surface area contributed by atoms with Crippen molar-refractivity contribution in [2.24, 2.45) is 5.16 Å². The summed E-state index contributed by atoms with van der Waals surface area (Å²) in [6.07, 6.45) is 1.47. The van der Waals surface area contributed by atoms with Crippen LogP contribution in [0.4, 0.5) is 0 Å². The van der Waals surface area contributed by atoms with E-state index in [2.05, 4.69) is 19.8 Å². The standard InChI is InChI=1S/C5H6N2O3.C3H2N2O3/c1-2-10-7-4(3-6)5(8)9;4-1-3(6)8-7-2-5/h2H2,1H3,(H,8,9);1,4H. The minimum Gasteiger partial charge on any atom is -0.476 e. The van der Waals surface area contributed by atoms with Crippen molar-refractivity contribution >= 4 is 23.9 Å². The number of carboxylic acids is 1. The van der Waals surface area contributed by atoms with Crippen molar-refractivity contribution in [3.63, 3.8) is 0 Å². The lowest BCUT2D eigenvalue weighted by atomic mass is 10.4. The summed E-state index contributed by atoms with van der Waals surface area (Å²) in [6.45, 7) is 1.89. The van der Waals surface area contributed by atoms with Gasteiger partial charge in [0.2, 0.25) is 0 Å². The van der Waals surface area contributed by atoms with Crippen LogP contribution >= 0.6 is 0 Å². The van der Waals surface area contributed by atoms with Crippen molar-refractivity contribution in [2.45, 2.75) is 6.92 Å². The Balaban J connectivity index is 0. The highest BCUT2D eigenvalue weighted by atomic mass is 17.2. The number of nitriles is 2. The van der Waals surface area contributed by atoms with Crippen molar-refractivity contribution in [3.05, 3.63) is 0 Å². The van der Waals surface area contributed by atoms with Crippen molar-refractivity contribution < 1.29 is 29.3 Å². The van der Waals surface area contributed by atoms with Gasteiger partial charge in [-0.2, -0.15) is 5.26 Å². The molecule has 0 amide bonds. The van der Waals surface area contributed by atoms with Crippen molar-refractivity contribution in [1.29, 1.82) is 15.9 Å². The summed E-state index contributed by atoms with van der Waals surface area (Å²) in [5.41, 5.74) is -0.637. The van der Waals surface area contributed by atoms with Crippen LogP contribution in [0.5, 0.6) is 0 Å². The number of carbonyl (C=O) groups excluding carboxylic acids is 1. The minimum absolute atomic E-state index is 0.248. The van der Waals surface area contributed by atoms with Gasteiger partial charge >= 0.3 is 18.2 Å². The molecule has 0 bridgehead atoms. The van der Waals surface area contributed by atoms with Crippen LogP contribution in [-0.2, 0) is 24.2 Å². The van der Waals surface area contributed by atoms with E-state index in [1.54, 1.807) is 6.92 Å². The number of rotatable bonds is 5. The van der Waals surface area contributed by atoms with Crippen LogP contribution in [0.15, 0.2) is 5.16 Å². The number of oxime groups is 1. The summed E-state index contributed by atoms with van der Waals surface area (Å²) in [7, 11) is 0. The highest BCUT2D eigenvalue weighted by Crippen LogP contribution is 1.80. The lowest BCUT2D eigenvalue weighted by Crippen LogP contribution is -2.10. The highest BCUT2D eigenvalue weighted by molar-refractivity contribution is 6.42. The molecule has 0 aromatic carbocycles. The highest BCUT2D eigenvalue weighted by Gasteiger charge is 2.07. The Kier molecular flexibility index (Phi) is 11.4. The van der Waals surface area contributed by atoms with E-state index < -0.39 is 17.7 Å². The van der Waals surface area contributed by atoms with E-state index in [1.807, 2.05) is 0 Å². The van der Waals surface area contributed by atoms with Gasteiger partial charge in [0.1, 0.15) is 18.9 Å². The van der Waals surface area contributed by atoms with E-state index in [1.165, 1.54) is 6.07 Å². The number of aliphatic carboxylic acids is 1. The Labute approximate surface area is 101 Å². The minimum atomic E-state index is -1.38. The van der Waals surface area contributed by atoms with Crippen LogP contribution in [0.1, 0.15) is 6.92 Å². The van der Waals surface area contributed by atoms with Crippen LogP contribution < -0.4 is 0 Å². The summed E-state index contributed by atoms with van der Waals surface area (Å²) in [6, 6.07) is 1.36. The molecule has 0 unspecified atom stereocenters. The second kappa shape index (κ2) is 11.9. The number of hydrogen-bond acceptors (Lipinski definition) is 9. The van der Waals surface area contributed by atoms with Crippen LogP contribution in [0, 0.1) is 28.3 Å². The lowest BCUT2D eigenvalue weighted by molar-refractivity contribution is -0.222. The molecule has 2 N–H and O–H groups in total. The largest absolute Gasteiger partial charge is 0.476 e. The zero-order chi connectivity index (χ0) is 14.4. The topological polar surface area (TPSA) is 166 Å². The van der Waals surface area contributed by atoms with Gasteiger partial charge in [0.25, 0.3) is 5.71 Å².